The first-order chi connectivity index (χ1) is 11.9. The van der Waals surface area contributed by atoms with Crippen LogP contribution in [0.2, 0.25) is 0 Å². The summed E-state index contributed by atoms with van der Waals surface area (Å²) in [5.74, 6) is 0.871. The van der Waals surface area contributed by atoms with Crippen molar-refractivity contribution in [2.45, 2.75) is 46.5 Å². The fourth-order valence-electron chi connectivity index (χ4n) is 3.94. The van der Waals surface area contributed by atoms with Gasteiger partial charge in [-0.3, -0.25) is 0 Å². The fraction of sp³-hybridized carbons (Fsp3) is 0.333. The lowest BCUT2D eigenvalue weighted by molar-refractivity contribution is 0.445. The average molecular weight is 316 g/mol. The number of benzene rings is 3. The summed E-state index contributed by atoms with van der Waals surface area (Å²) in [6.45, 7) is 6.32. The highest BCUT2D eigenvalue weighted by atomic mass is 14.2. The molecule has 0 saturated carbocycles. The molecule has 0 aliphatic heterocycles. The molecule has 0 heteroatoms. The van der Waals surface area contributed by atoms with Gasteiger partial charge in [0.1, 0.15) is 0 Å². The lowest BCUT2D eigenvalue weighted by Crippen LogP contribution is -2.14. The molecule has 4 rings (SSSR count). The molecule has 1 aliphatic rings. The van der Waals surface area contributed by atoms with Gasteiger partial charge < -0.3 is 0 Å². The first kappa shape index (κ1) is 16.8. The third-order valence-electron chi connectivity index (χ3n) is 5.24. The van der Waals surface area contributed by atoms with Gasteiger partial charge in [-0.15, -0.1) is 0 Å². The highest BCUT2D eigenvalue weighted by molar-refractivity contribution is 5.97. The van der Waals surface area contributed by atoms with Gasteiger partial charge in [-0.05, 0) is 58.2 Å². The molecule has 0 N–H and O–H groups in total. The Labute approximate surface area is 146 Å². The standard InChI is InChI=1S/C22H22.C2H6/c1-2-16-13-14-20-18(15-16)9-6-12-22(20)21-11-5-8-17-7-3-4-10-19(17)21;1-2/h3-12,16H,2,13-15H2,1H3;1-2H3. The van der Waals surface area contributed by atoms with Crippen LogP contribution in [0.25, 0.3) is 21.9 Å². The minimum Gasteiger partial charge on any atom is -0.0683 e. The molecule has 0 aromatic heterocycles. The summed E-state index contributed by atoms with van der Waals surface area (Å²) in [7, 11) is 0. The average Bonchev–Trinajstić information content (AvgIpc) is 2.68. The Morgan fingerprint density at radius 2 is 1.54 bits per heavy atom. The molecule has 124 valence electrons. The molecule has 0 bridgehead atoms. The zero-order chi connectivity index (χ0) is 16.9. The molecule has 0 heterocycles. The second kappa shape index (κ2) is 7.66. The molecule has 0 spiro atoms. The molecule has 0 nitrogen and oxygen atoms in total. The van der Waals surface area contributed by atoms with Crippen LogP contribution in [0.3, 0.4) is 0 Å². The molecule has 1 aliphatic carbocycles. The lowest BCUT2D eigenvalue weighted by Gasteiger charge is -2.26. The van der Waals surface area contributed by atoms with E-state index in [1.54, 1.807) is 11.1 Å². The van der Waals surface area contributed by atoms with Crippen LogP contribution in [0.5, 0.6) is 0 Å². The van der Waals surface area contributed by atoms with E-state index in [1.165, 1.54) is 47.6 Å². The minimum absolute atomic E-state index is 0.871. The van der Waals surface area contributed by atoms with E-state index in [0.29, 0.717) is 0 Å². The predicted octanol–water partition coefficient (Wildman–Crippen LogP) is 7.05. The van der Waals surface area contributed by atoms with Crippen molar-refractivity contribution in [1.29, 1.82) is 0 Å². The van der Waals surface area contributed by atoms with Gasteiger partial charge in [-0.2, -0.15) is 0 Å². The molecule has 3 aromatic carbocycles. The van der Waals surface area contributed by atoms with Gasteiger partial charge >= 0.3 is 0 Å². The van der Waals surface area contributed by atoms with Gasteiger partial charge in [0.15, 0.2) is 0 Å². The first-order valence-electron chi connectivity index (χ1n) is 9.45. The van der Waals surface area contributed by atoms with Crippen LogP contribution < -0.4 is 0 Å². The molecule has 1 unspecified atom stereocenters. The van der Waals surface area contributed by atoms with Gasteiger partial charge in [0.25, 0.3) is 0 Å². The van der Waals surface area contributed by atoms with Crippen LogP contribution in [0, 0.1) is 5.92 Å². The topological polar surface area (TPSA) is 0 Å². The van der Waals surface area contributed by atoms with Gasteiger partial charge in [-0.1, -0.05) is 87.9 Å². The molecular weight excluding hydrogens is 288 g/mol. The van der Waals surface area contributed by atoms with Crippen LogP contribution in [-0.4, -0.2) is 0 Å². The van der Waals surface area contributed by atoms with Crippen molar-refractivity contribution >= 4 is 10.8 Å². The number of rotatable bonds is 2. The van der Waals surface area contributed by atoms with E-state index in [2.05, 4.69) is 67.6 Å². The second-order valence-corrected chi connectivity index (χ2v) is 6.49. The van der Waals surface area contributed by atoms with Crippen LogP contribution in [-0.2, 0) is 12.8 Å². The van der Waals surface area contributed by atoms with Crippen molar-refractivity contribution in [3.8, 4) is 11.1 Å². The van der Waals surface area contributed by atoms with Crippen molar-refractivity contribution in [2.24, 2.45) is 5.92 Å². The fourth-order valence-corrected chi connectivity index (χ4v) is 3.94. The third kappa shape index (κ3) is 3.11. The maximum atomic E-state index is 2.34. The Balaban J connectivity index is 0.000000815. The Hall–Kier alpha value is -2.08. The van der Waals surface area contributed by atoms with Crippen molar-refractivity contribution in [2.75, 3.05) is 0 Å². The largest absolute Gasteiger partial charge is 0.0683 e. The van der Waals surface area contributed by atoms with E-state index >= 15 is 0 Å². The van der Waals surface area contributed by atoms with Crippen molar-refractivity contribution in [3.05, 3.63) is 71.8 Å². The summed E-state index contributed by atoms with van der Waals surface area (Å²) < 4.78 is 0. The Morgan fingerprint density at radius 1 is 0.833 bits per heavy atom. The minimum atomic E-state index is 0.871. The maximum absolute atomic E-state index is 2.34. The molecule has 3 aromatic rings. The monoisotopic (exact) mass is 316 g/mol. The maximum Gasteiger partial charge on any atom is -0.0103 e. The predicted molar refractivity (Wildman–Crippen MR) is 107 cm³/mol. The molecule has 0 saturated heterocycles. The van der Waals surface area contributed by atoms with Crippen LogP contribution >= 0.6 is 0 Å². The Kier molecular flexibility index (Phi) is 5.35. The Morgan fingerprint density at radius 3 is 2.38 bits per heavy atom. The number of fused-ring (bicyclic) bond motifs is 2. The van der Waals surface area contributed by atoms with Gasteiger partial charge in [0, 0.05) is 0 Å². The second-order valence-electron chi connectivity index (χ2n) is 6.49. The summed E-state index contributed by atoms with van der Waals surface area (Å²) in [6, 6.07) is 22.3. The molecular formula is C24H28. The summed E-state index contributed by atoms with van der Waals surface area (Å²) in [6.07, 6.45) is 5.13. The summed E-state index contributed by atoms with van der Waals surface area (Å²) in [4.78, 5) is 0. The van der Waals surface area contributed by atoms with Crippen molar-refractivity contribution in [1.82, 2.24) is 0 Å². The van der Waals surface area contributed by atoms with E-state index in [-0.39, 0.29) is 0 Å². The molecule has 1 atom stereocenters. The first-order valence-corrected chi connectivity index (χ1v) is 9.45. The highest BCUT2D eigenvalue weighted by Crippen LogP contribution is 2.37. The molecule has 24 heavy (non-hydrogen) atoms. The summed E-state index contributed by atoms with van der Waals surface area (Å²) in [5.41, 5.74) is 6.00. The van der Waals surface area contributed by atoms with Crippen LogP contribution in [0.1, 0.15) is 44.7 Å². The van der Waals surface area contributed by atoms with Crippen LogP contribution in [0.15, 0.2) is 60.7 Å². The number of hydrogen-bond donors (Lipinski definition) is 0. The van der Waals surface area contributed by atoms with Crippen molar-refractivity contribution in [3.63, 3.8) is 0 Å². The third-order valence-corrected chi connectivity index (χ3v) is 5.24. The summed E-state index contributed by atoms with van der Waals surface area (Å²) in [5, 5.41) is 2.70. The van der Waals surface area contributed by atoms with Gasteiger partial charge in [0.05, 0.1) is 0 Å². The van der Waals surface area contributed by atoms with E-state index < -0.39 is 0 Å². The van der Waals surface area contributed by atoms with Gasteiger partial charge in [0.2, 0.25) is 0 Å². The van der Waals surface area contributed by atoms with E-state index in [9.17, 15) is 0 Å². The van der Waals surface area contributed by atoms with Gasteiger partial charge in [-0.25, -0.2) is 0 Å². The number of hydrogen-bond acceptors (Lipinski definition) is 0. The van der Waals surface area contributed by atoms with Crippen LogP contribution in [0.4, 0.5) is 0 Å². The van der Waals surface area contributed by atoms with E-state index in [0.717, 1.165) is 5.92 Å². The SMILES string of the molecule is CC.CCC1CCc2c(cccc2-c2cccc3ccccc23)C1. The van der Waals surface area contributed by atoms with Crippen molar-refractivity contribution < 1.29 is 0 Å². The molecule has 0 amide bonds. The van der Waals surface area contributed by atoms with E-state index in [4.69, 9.17) is 0 Å². The normalized spacial score (nSPS) is 16.2. The van der Waals surface area contributed by atoms with E-state index in [1.807, 2.05) is 13.8 Å². The summed E-state index contributed by atoms with van der Waals surface area (Å²) >= 11 is 0. The smallest absolute Gasteiger partial charge is 0.0103 e. The Bertz CT molecular complexity index is 808. The zero-order valence-corrected chi connectivity index (χ0v) is 15.2. The highest BCUT2D eigenvalue weighted by Gasteiger charge is 2.20. The molecule has 0 fully saturated rings. The lowest BCUT2D eigenvalue weighted by atomic mass is 9.79. The molecule has 0 radical (unpaired) electrons. The quantitative estimate of drug-likeness (QED) is 0.475. The zero-order valence-electron chi connectivity index (χ0n) is 15.2.